The van der Waals surface area contributed by atoms with Crippen LogP contribution in [0.2, 0.25) is 0 Å². The van der Waals surface area contributed by atoms with Crippen molar-refractivity contribution < 1.29 is 19.7 Å². The van der Waals surface area contributed by atoms with Crippen molar-refractivity contribution in [2.75, 3.05) is 0 Å². The van der Waals surface area contributed by atoms with Gasteiger partial charge in [0.15, 0.2) is 0 Å². The van der Waals surface area contributed by atoms with E-state index >= 15 is 0 Å². The molecule has 2 N–H and O–H groups in total. The minimum absolute atomic E-state index is 0.418. The molecule has 16 heavy (non-hydrogen) atoms. The van der Waals surface area contributed by atoms with Gasteiger partial charge < -0.3 is 14.9 Å². The Morgan fingerprint density at radius 3 is 2.56 bits per heavy atom. The molecule has 0 aromatic rings. The summed E-state index contributed by atoms with van der Waals surface area (Å²) in [5, 5.41) is 19.2. The van der Waals surface area contributed by atoms with E-state index in [4.69, 9.17) is 4.74 Å². The van der Waals surface area contributed by atoms with Crippen LogP contribution in [0.5, 0.6) is 0 Å². The predicted molar refractivity (Wildman–Crippen MR) is 59.6 cm³/mol. The number of ether oxygens (including phenoxy) is 1. The zero-order valence-electron chi connectivity index (χ0n) is 9.90. The molecule has 0 saturated heterocycles. The SMILES string of the molecule is CC(C)(O)CCCCCC1(O)C=CC(=O)O1. The van der Waals surface area contributed by atoms with Crippen molar-refractivity contribution in [3.63, 3.8) is 0 Å². The van der Waals surface area contributed by atoms with Gasteiger partial charge in [0, 0.05) is 12.5 Å². The normalized spacial score (nSPS) is 24.9. The first-order chi connectivity index (χ1) is 7.31. The van der Waals surface area contributed by atoms with Gasteiger partial charge in [0.1, 0.15) is 0 Å². The highest BCUT2D eigenvalue weighted by Gasteiger charge is 2.32. The lowest BCUT2D eigenvalue weighted by Gasteiger charge is -2.20. The standard InChI is InChI=1S/C12H20O4/c1-11(2,14)7-4-3-5-8-12(15)9-6-10(13)16-12/h6,9,14-15H,3-5,7-8H2,1-2H3. The molecule has 1 aliphatic rings. The van der Waals surface area contributed by atoms with E-state index in [1.54, 1.807) is 13.8 Å². The van der Waals surface area contributed by atoms with Crippen LogP contribution >= 0.6 is 0 Å². The number of hydrogen-bond acceptors (Lipinski definition) is 4. The van der Waals surface area contributed by atoms with Crippen LogP contribution in [-0.2, 0) is 9.53 Å². The van der Waals surface area contributed by atoms with E-state index in [0.29, 0.717) is 6.42 Å². The van der Waals surface area contributed by atoms with Crippen molar-refractivity contribution in [1.82, 2.24) is 0 Å². The number of aliphatic hydroxyl groups is 2. The highest BCUT2D eigenvalue weighted by Crippen LogP contribution is 2.24. The Bertz CT molecular complexity index is 277. The minimum atomic E-state index is -1.40. The molecule has 4 nitrogen and oxygen atoms in total. The number of carbonyl (C=O) groups is 1. The lowest BCUT2D eigenvalue weighted by atomic mass is 9.99. The summed E-state index contributed by atoms with van der Waals surface area (Å²) < 4.78 is 4.75. The second kappa shape index (κ2) is 4.97. The molecule has 1 unspecified atom stereocenters. The number of cyclic esters (lactones) is 1. The first-order valence-corrected chi connectivity index (χ1v) is 5.68. The molecule has 0 aromatic carbocycles. The summed E-state index contributed by atoms with van der Waals surface area (Å²) in [6.45, 7) is 3.56. The summed E-state index contributed by atoms with van der Waals surface area (Å²) in [5.74, 6) is -1.88. The molecule has 0 spiro atoms. The zero-order valence-corrected chi connectivity index (χ0v) is 9.90. The Morgan fingerprint density at radius 1 is 1.38 bits per heavy atom. The van der Waals surface area contributed by atoms with E-state index < -0.39 is 17.4 Å². The topological polar surface area (TPSA) is 66.8 Å². The van der Waals surface area contributed by atoms with Gasteiger partial charge in [-0.3, -0.25) is 0 Å². The van der Waals surface area contributed by atoms with Gasteiger partial charge in [-0.25, -0.2) is 4.79 Å². The van der Waals surface area contributed by atoms with Gasteiger partial charge in [0.25, 0.3) is 0 Å². The number of esters is 1. The van der Waals surface area contributed by atoms with Crippen molar-refractivity contribution in [1.29, 1.82) is 0 Å². The van der Waals surface area contributed by atoms with E-state index in [2.05, 4.69) is 0 Å². The van der Waals surface area contributed by atoms with Crippen LogP contribution in [-0.4, -0.2) is 27.6 Å². The first-order valence-electron chi connectivity index (χ1n) is 5.68. The van der Waals surface area contributed by atoms with Crippen LogP contribution in [0.25, 0.3) is 0 Å². The Labute approximate surface area is 95.9 Å². The van der Waals surface area contributed by atoms with Crippen molar-refractivity contribution in [3.8, 4) is 0 Å². The summed E-state index contributed by atoms with van der Waals surface area (Å²) in [7, 11) is 0. The molecule has 1 aliphatic heterocycles. The lowest BCUT2D eigenvalue weighted by molar-refractivity contribution is -0.180. The molecular weight excluding hydrogens is 208 g/mol. The highest BCUT2D eigenvalue weighted by atomic mass is 16.7. The molecular formula is C12H20O4. The average Bonchev–Trinajstić information content (AvgIpc) is 2.44. The molecule has 0 aliphatic carbocycles. The molecule has 1 atom stereocenters. The van der Waals surface area contributed by atoms with E-state index in [-0.39, 0.29) is 0 Å². The van der Waals surface area contributed by atoms with Crippen LogP contribution in [0.1, 0.15) is 46.0 Å². The number of unbranched alkanes of at least 4 members (excludes halogenated alkanes) is 2. The van der Waals surface area contributed by atoms with Crippen LogP contribution in [0.4, 0.5) is 0 Å². The van der Waals surface area contributed by atoms with Gasteiger partial charge in [-0.1, -0.05) is 12.8 Å². The Balaban J connectivity index is 2.12. The predicted octanol–water partition coefficient (Wildman–Crippen LogP) is 1.51. The van der Waals surface area contributed by atoms with E-state index in [9.17, 15) is 15.0 Å². The van der Waals surface area contributed by atoms with Gasteiger partial charge in [0.05, 0.1) is 5.60 Å². The molecule has 4 heteroatoms. The second-order valence-electron chi connectivity index (χ2n) is 4.97. The third-order valence-corrected chi connectivity index (χ3v) is 2.58. The summed E-state index contributed by atoms with van der Waals surface area (Å²) in [6.07, 6.45) is 6.36. The fourth-order valence-corrected chi connectivity index (χ4v) is 1.69. The van der Waals surface area contributed by atoms with Crippen LogP contribution < -0.4 is 0 Å². The molecule has 0 saturated carbocycles. The maximum Gasteiger partial charge on any atom is 0.333 e. The van der Waals surface area contributed by atoms with Gasteiger partial charge >= 0.3 is 5.97 Å². The molecule has 92 valence electrons. The van der Waals surface area contributed by atoms with Gasteiger partial charge in [-0.05, 0) is 32.8 Å². The summed E-state index contributed by atoms with van der Waals surface area (Å²) in [5.41, 5.74) is -0.628. The van der Waals surface area contributed by atoms with Gasteiger partial charge in [-0.15, -0.1) is 0 Å². The quantitative estimate of drug-likeness (QED) is 0.534. The summed E-state index contributed by atoms with van der Waals surface area (Å²) >= 11 is 0. The van der Waals surface area contributed by atoms with Crippen LogP contribution in [0.15, 0.2) is 12.2 Å². The van der Waals surface area contributed by atoms with E-state index in [0.717, 1.165) is 25.7 Å². The molecule has 0 amide bonds. The molecule has 0 aromatic heterocycles. The second-order valence-corrected chi connectivity index (χ2v) is 4.97. The van der Waals surface area contributed by atoms with Crippen molar-refractivity contribution in [2.45, 2.75) is 57.3 Å². The van der Waals surface area contributed by atoms with Gasteiger partial charge in [-0.2, -0.15) is 0 Å². The van der Waals surface area contributed by atoms with E-state index in [1.807, 2.05) is 0 Å². The molecule has 0 radical (unpaired) electrons. The smallest absolute Gasteiger partial charge is 0.333 e. The van der Waals surface area contributed by atoms with Crippen LogP contribution in [0.3, 0.4) is 0 Å². The first kappa shape index (κ1) is 13.2. The third-order valence-electron chi connectivity index (χ3n) is 2.58. The lowest BCUT2D eigenvalue weighted by Crippen LogP contribution is -2.27. The fraction of sp³-hybridized carbons (Fsp3) is 0.750. The van der Waals surface area contributed by atoms with Crippen molar-refractivity contribution in [3.05, 3.63) is 12.2 Å². The molecule has 1 heterocycles. The summed E-state index contributed by atoms with van der Waals surface area (Å²) in [4.78, 5) is 10.8. The van der Waals surface area contributed by atoms with Crippen molar-refractivity contribution >= 4 is 5.97 Å². The molecule has 1 rings (SSSR count). The monoisotopic (exact) mass is 228 g/mol. The van der Waals surface area contributed by atoms with Crippen LogP contribution in [0, 0.1) is 0 Å². The Morgan fingerprint density at radius 2 is 2.06 bits per heavy atom. The highest BCUT2D eigenvalue weighted by molar-refractivity contribution is 5.84. The Hall–Kier alpha value is -0.870. The summed E-state index contributed by atoms with van der Waals surface area (Å²) in [6, 6.07) is 0. The fourth-order valence-electron chi connectivity index (χ4n) is 1.69. The minimum Gasteiger partial charge on any atom is -0.426 e. The van der Waals surface area contributed by atoms with Crippen molar-refractivity contribution in [2.24, 2.45) is 0 Å². The third kappa shape index (κ3) is 4.77. The Kier molecular flexibility index (Phi) is 4.10. The number of hydrogen-bond donors (Lipinski definition) is 2. The number of carbonyl (C=O) groups excluding carboxylic acids is 1. The number of rotatable bonds is 6. The van der Waals surface area contributed by atoms with E-state index in [1.165, 1.54) is 12.2 Å². The van der Waals surface area contributed by atoms with Gasteiger partial charge in [0.2, 0.25) is 5.79 Å². The maximum atomic E-state index is 10.8. The molecule has 0 fully saturated rings. The average molecular weight is 228 g/mol. The maximum absolute atomic E-state index is 10.8. The zero-order chi connectivity index (χ0) is 12.2. The molecule has 0 bridgehead atoms. The largest absolute Gasteiger partial charge is 0.426 e.